The number of ether oxygens (including phenoxy) is 1. The summed E-state index contributed by atoms with van der Waals surface area (Å²) in [6, 6.07) is 14.7. The summed E-state index contributed by atoms with van der Waals surface area (Å²) in [6.07, 6.45) is 1.43. The number of anilines is 2. The van der Waals surface area contributed by atoms with Crippen LogP contribution in [0.1, 0.15) is 31.7 Å². The monoisotopic (exact) mass is 365 g/mol. The summed E-state index contributed by atoms with van der Waals surface area (Å²) in [5, 5.41) is 8.45. The van der Waals surface area contributed by atoms with Crippen molar-refractivity contribution in [2.75, 3.05) is 16.9 Å². The number of hydrazone groups is 1. The molecule has 0 spiro atoms. The number of benzene rings is 2. The fourth-order valence-electron chi connectivity index (χ4n) is 2.75. The molecule has 0 saturated heterocycles. The number of nitrogens with one attached hydrogen (secondary N) is 1. The molecule has 0 atom stereocenters. The SMILES string of the molecule is CCCOc1cc(C)ccc1NC(=O)C1=NN(c2ccccc2)C(=O)CC1. The first-order valence-electron chi connectivity index (χ1n) is 9.08. The number of nitrogens with zero attached hydrogens (tertiary/aromatic N) is 2. The Labute approximate surface area is 158 Å². The van der Waals surface area contributed by atoms with Crippen LogP contribution in [0.2, 0.25) is 0 Å². The van der Waals surface area contributed by atoms with Crippen LogP contribution in [-0.4, -0.2) is 24.1 Å². The summed E-state index contributed by atoms with van der Waals surface area (Å²) in [7, 11) is 0. The Morgan fingerprint density at radius 2 is 1.96 bits per heavy atom. The molecule has 0 fully saturated rings. The largest absolute Gasteiger partial charge is 0.491 e. The molecule has 140 valence electrons. The van der Waals surface area contributed by atoms with Crippen LogP contribution < -0.4 is 15.1 Å². The predicted octanol–water partition coefficient (Wildman–Crippen LogP) is 3.91. The number of aryl methyl sites for hydroxylation is 1. The fraction of sp³-hybridized carbons (Fsp3) is 0.286. The number of para-hydroxylation sites is 1. The zero-order valence-electron chi connectivity index (χ0n) is 15.6. The second kappa shape index (κ2) is 8.49. The third kappa shape index (κ3) is 4.53. The van der Waals surface area contributed by atoms with E-state index in [0.717, 1.165) is 12.0 Å². The van der Waals surface area contributed by atoms with Gasteiger partial charge in [-0.25, -0.2) is 5.01 Å². The van der Waals surface area contributed by atoms with Gasteiger partial charge in [0, 0.05) is 12.8 Å². The topological polar surface area (TPSA) is 71.0 Å². The number of carbonyl (C=O) groups excluding carboxylic acids is 2. The molecule has 1 N–H and O–H groups in total. The molecule has 6 heteroatoms. The molecular weight excluding hydrogens is 342 g/mol. The number of rotatable bonds is 6. The Kier molecular flexibility index (Phi) is 5.86. The van der Waals surface area contributed by atoms with Crippen molar-refractivity contribution in [2.45, 2.75) is 33.1 Å². The predicted molar refractivity (Wildman–Crippen MR) is 106 cm³/mol. The molecule has 6 nitrogen and oxygen atoms in total. The first kappa shape index (κ1) is 18.6. The van der Waals surface area contributed by atoms with Gasteiger partial charge in [0.25, 0.3) is 5.91 Å². The Balaban J connectivity index is 1.81. The molecule has 3 rings (SSSR count). The molecule has 27 heavy (non-hydrogen) atoms. The minimum atomic E-state index is -0.325. The standard InChI is InChI=1S/C21H23N3O3/c1-3-13-27-19-14-15(2)9-10-17(19)22-21(26)18-11-12-20(25)24(23-18)16-7-5-4-6-8-16/h4-10,14H,3,11-13H2,1-2H3,(H,22,26). The number of hydrogen-bond acceptors (Lipinski definition) is 4. The minimum Gasteiger partial charge on any atom is -0.491 e. The maximum atomic E-state index is 12.7. The molecule has 2 aromatic carbocycles. The first-order valence-corrected chi connectivity index (χ1v) is 9.08. The summed E-state index contributed by atoms with van der Waals surface area (Å²) in [6.45, 7) is 4.57. The Hall–Kier alpha value is -3.15. The average Bonchev–Trinajstić information content (AvgIpc) is 2.69. The van der Waals surface area contributed by atoms with E-state index in [9.17, 15) is 9.59 Å². The van der Waals surface area contributed by atoms with Gasteiger partial charge in [0.2, 0.25) is 5.91 Å². The van der Waals surface area contributed by atoms with Crippen LogP contribution in [0.4, 0.5) is 11.4 Å². The molecule has 2 amide bonds. The van der Waals surface area contributed by atoms with Crippen molar-refractivity contribution in [2.24, 2.45) is 5.10 Å². The Bertz CT molecular complexity index is 862. The molecule has 0 bridgehead atoms. The molecule has 0 radical (unpaired) electrons. The highest BCUT2D eigenvalue weighted by Gasteiger charge is 2.26. The summed E-state index contributed by atoms with van der Waals surface area (Å²) < 4.78 is 5.74. The summed E-state index contributed by atoms with van der Waals surface area (Å²) in [5.41, 5.74) is 2.62. The molecule has 0 saturated carbocycles. The van der Waals surface area contributed by atoms with Crippen LogP contribution in [0.5, 0.6) is 5.75 Å². The summed E-state index contributed by atoms with van der Waals surface area (Å²) >= 11 is 0. The van der Waals surface area contributed by atoms with Crippen molar-refractivity contribution in [1.29, 1.82) is 0 Å². The molecule has 0 unspecified atom stereocenters. The Morgan fingerprint density at radius 1 is 1.19 bits per heavy atom. The maximum Gasteiger partial charge on any atom is 0.271 e. The van der Waals surface area contributed by atoms with Crippen LogP contribution in [0, 0.1) is 6.92 Å². The molecule has 2 aromatic rings. The van der Waals surface area contributed by atoms with E-state index in [2.05, 4.69) is 10.4 Å². The Morgan fingerprint density at radius 3 is 2.70 bits per heavy atom. The van der Waals surface area contributed by atoms with E-state index in [1.165, 1.54) is 5.01 Å². The van der Waals surface area contributed by atoms with E-state index in [0.29, 0.717) is 35.9 Å². The number of hydrogen-bond donors (Lipinski definition) is 1. The average molecular weight is 365 g/mol. The highest BCUT2D eigenvalue weighted by atomic mass is 16.5. The van der Waals surface area contributed by atoms with Gasteiger partial charge in [-0.2, -0.15) is 5.10 Å². The van der Waals surface area contributed by atoms with E-state index in [1.807, 2.05) is 50.2 Å². The van der Waals surface area contributed by atoms with Crippen molar-refractivity contribution in [1.82, 2.24) is 0 Å². The molecular formula is C21H23N3O3. The van der Waals surface area contributed by atoms with Gasteiger partial charge in [-0.05, 0) is 43.2 Å². The van der Waals surface area contributed by atoms with Crippen molar-refractivity contribution < 1.29 is 14.3 Å². The van der Waals surface area contributed by atoms with Gasteiger partial charge in [-0.1, -0.05) is 31.2 Å². The van der Waals surface area contributed by atoms with Crippen molar-refractivity contribution >= 4 is 28.9 Å². The highest BCUT2D eigenvalue weighted by Crippen LogP contribution is 2.27. The van der Waals surface area contributed by atoms with E-state index in [4.69, 9.17) is 4.74 Å². The third-order valence-electron chi connectivity index (χ3n) is 4.14. The second-order valence-electron chi connectivity index (χ2n) is 6.39. The van der Waals surface area contributed by atoms with Crippen LogP contribution in [-0.2, 0) is 9.59 Å². The van der Waals surface area contributed by atoms with Crippen molar-refractivity contribution in [3.63, 3.8) is 0 Å². The van der Waals surface area contributed by atoms with Crippen LogP contribution in [0.3, 0.4) is 0 Å². The molecule has 0 aliphatic carbocycles. The van der Waals surface area contributed by atoms with Crippen LogP contribution in [0.15, 0.2) is 53.6 Å². The van der Waals surface area contributed by atoms with Gasteiger partial charge in [0.05, 0.1) is 18.0 Å². The number of amides is 2. The van der Waals surface area contributed by atoms with Gasteiger partial charge in [0.15, 0.2) is 0 Å². The smallest absolute Gasteiger partial charge is 0.271 e. The lowest BCUT2D eigenvalue weighted by Gasteiger charge is -2.23. The van der Waals surface area contributed by atoms with Gasteiger partial charge in [-0.15, -0.1) is 0 Å². The second-order valence-corrected chi connectivity index (χ2v) is 6.39. The lowest BCUT2D eigenvalue weighted by Crippen LogP contribution is -2.36. The molecule has 1 aliphatic heterocycles. The van der Waals surface area contributed by atoms with Crippen molar-refractivity contribution in [3.8, 4) is 5.75 Å². The number of carbonyl (C=O) groups is 2. The fourth-order valence-corrected chi connectivity index (χ4v) is 2.75. The van der Waals surface area contributed by atoms with Gasteiger partial charge in [-0.3, -0.25) is 9.59 Å². The van der Waals surface area contributed by atoms with E-state index >= 15 is 0 Å². The minimum absolute atomic E-state index is 0.125. The van der Waals surface area contributed by atoms with Gasteiger partial charge >= 0.3 is 0 Å². The lowest BCUT2D eigenvalue weighted by molar-refractivity contribution is -0.118. The van der Waals surface area contributed by atoms with Gasteiger partial charge < -0.3 is 10.1 Å². The van der Waals surface area contributed by atoms with E-state index < -0.39 is 0 Å². The zero-order chi connectivity index (χ0) is 19.2. The van der Waals surface area contributed by atoms with Crippen molar-refractivity contribution in [3.05, 3.63) is 54.1 Å². The molecule has 1 aliphatic rings. The normalized spacial score (nSPS) is 13.9. The maximum absolute atomic E-state index is 12.7. The van der Waals surface area contributed by atoms with E-state index in [1.54, 1.807) is 12.1 Å². The van der Waals surface area contributed by atoms with E-state index in [-0.39, 0.29) is 18.2 Å². The third-order valence-corrected chi connectivity index (χ3v) is 4.14. The summed E-state index contributed by atoms with van der Waals surface area (Å²) in [4.78, 5) is 24.9. The highest BCUT2D eigenvalue weighted by molar-refractivity contribution is 6.44. The molecule has 0 aromatic heterocycles. The molecule has 1 heterocycles. The lowest BCUT2D eigenvalue weighted by atomic mass is 10.1. The summed E-state index contributed by atoms with van der Waals surface area (Å²) in [5.74, 6) is 0.186. The quantitative estimate of drug-likeness (QED) is 0.844. The van der Waals surface area contributed by atoms with Crippen LogP contribution in [0.25, 0.3) is 0 Å². The van der Waals surface area contributed by atoms with Crippen LogP contribution >= 0.6 is 0 Å². The zero-order valence-corrected chi connectivity index (χ0v) is 15.6. The van der Waals surface area contributed by atoms with Gasteiger partial charge in [0.1, 0.15) is 11.5 Å². The first-order chi connectivity index (χ1) is 13.1.